The lowest BCUT2D eigenvalue weighted by molar-refractivity contribution is 0.153. The molecule has 2 heterocycles. The largest absolute Gasteiger partial charge is 0.341 e. The fourth-order valence-electron chi connectivity index (χ4n) is 4.75. The molecule has 4 aromatic rings. The topological polar surface area (TPSA) is 94.6 Å². The Bertz CT molecular complexity index is 1250. The number of para-hydroxylation sites is 2. The second kappa shape index (κ2) is 8.91. The molecule has 1 atom stereocenters. The number of pyridine rings is 1. The van der Waals surface area contributed by atoms with E-state index in [1.165, 1.54) is 5.56 Å². The summed E-state index contributed by atoms with van der Waals surface area (Å²) in [5.41, 5.74) is 13.4. The monoisotopic (exact) mass is 422 g/mol. The van der Waals surface area contributed by atoms with Crippen molar-refractivity contribution in [1.82, 2.24) is 19.9 Å². The second-order valence-electron chi connectivity index (χ2n) is 8.36. The highest BCUT2D eigenvalue weighted by Crippen LogP contribution is 2.35. The Labute approximate surface area is 187 Å². The summed E-state index contributed by atoms with van der Waals surface area (Å²) >= 11 is 0. The fourth-order valence-corrected chi connectivity index (χ4v) is 4.75. The van der Waals surface area contributed by atoms with E-state index in [1.54, 1.807) is 0 Å². The van der Waals surface area contributed by atoms with E-state index in [0.717, 1.165) is 59.5 Å². The van der Waals surface area contributed by atoms with Gasteiger partial charge in [0.2, 0.25) is 0 Å². The first-order chi connectivity index (χ1) is 15.7. The number of hydrogen-bond donors (Lipinski definition) is 2. The first kappa shape index (κ1) is 20.4. The predicted octanol–water partition coefficient (Wildman–Crippen LogP) is 4.37. The number of nitrogens with two attached hydrogens (primary N) is 1. The minimum Gasteiger partial charge on any atom is -0.341 e. The SMILES string of the molecule is N#Cc1ccc(CN(Cc2nc3ccccc3[nH]2)C2CCCc3cccnc32)c(CN)c1. The highest BCUT2D eigenvalue weighted by molar-refractivity contribution is 5.74. The van der Waals surface area contributed by atoms with Gasteiger partial charge in [-0.25, -0.2) is 4.98 Å². The van der Waals surface area contributed by atoms with Crippen molar-refractivity contribution in [2.24, 2.45) is 5.73 Å². The first-order valence-electron chi connectivity index (χ1n) is 11.1. The van der Waals surface area contributed by atoms with Crippen LogP contribution in [0, 0.1) is 11.3 Å². The van der Waals surface area contributed by atoms with Gasteiger partial charge in [0.25, 0.3) is 0 Å². The molecule has 0 saturated heterocycles. The van der Waals surface area contributed by atoms with Crippen molar-refractivity contribution in [1.29, 1.82) is 5.26 Å². The Balaban J connectivity index is 1.53. The number of aromatic amines is 1. The molecule has 32 heavy (non-hydrogen) atoms. The van der Waals surface area contributed by atoms with Crippen LogP contribution in [0.5, 0.6) is 0 Å². The zero-order chi connectivity index (χ0) is 21.9. The summed E-state index contributed by atoms with van der Waals surface area (Å²) in [7, 11) is 0. The molecule has 6 heteroatoms. The van der Waals surface area contributed by atoms with Gasteiger partial charge in [0, 0.05) is 19.3 Å². The van der Waals surface area contributed by atoms with Crippen LogP contribution in [0.2, 0.25) is 0 Å². The van der Waals surface area contributed by atoms with E-state index in [9.17, 15) is 5.26 Å². The molecule has 2 aromatic heterocycles. The van der Waals surface area contributed by atoms with Gasteiger partial charge in [-0.15, -0.1) is 0 Å². The van der Waals surface area contributed by atoms with Crippen molar-refractivity contribution in [2.45, 2.75) is 44.9 Å². The molecule has 0 fully saturated rings. The molecule has 0 saturated carbocycles. The molecule has 0 spiro atoms. The van der Waals surface area contributed by atoms with Gasteiger partial charge >= 0.3 is 0 Å². The summed E-state index contributed by atoms with van der Waals surface area (Å²) < 4.78 is 0. The van der Waals surface area contributed by atoms with Crippen LogP contribution in [-0.4, -0.2) is 19.9 Å². The van der Waals surface area contributed by atoms with Crippen molar-refractivity contribution in [3.8, 4) is 6.07 Å². The van der Waals surface area contributed by atoms with Crippen LogP contribution in [0.4, 0.5) is 0 Å². The number of aromatic nitrogens is 3. The van der Waals surface area contributed by atoms with Gasteiger partial charge in [-0.2, -0.15) is 5.26 Å². The quantitative estimate of drug-likeness (QED) is 0.481. The molecular formula is C26H26N6. The molecule has 0 radical (unpaired) electrons. The van der Waals surface area contributed by atoms with Crippen LogP contribution >= 0.6 is 0 Å². The summed E-state index contributed by atoms with van der Waals surface area (Å²) in [6.07, 6.45) is 5.15. The highest BCUT2D eigenvalue weighted by Gasteiger charge is 2.28. The van der Waals surface area contributed by atoms with Crippen molar-refractivity contribution < 1.29 is 0 Å². The Morgan fingerprint density at radius 1 is 1.09 bits per heavy atom. The van der Waals surface area contributed by atoms with Crippen molar-refractivity contribution in [3.05, 3.63) is 94.6 Å². The maximum absolute atomic E-state index is 9.29. The normalized spacial score (nSPS) is 15.6. The van der Waals surface area contributed by atoms with E-state index in [0.29, 0.717) is 18.7 Å². The van der Waals surface area contributed by atoms with Gasteiger partial charge in [0.15, 0.2) is 0 Å². The summed E-state index contributed by atoms with van der Waals surface area (Å²) in [5, 5.41) is 9.29. The molecule has 3 N–H and O–H groups in total. The average Bonchev–Trinajstić information content (AvgIpc) is 3.26. The Morgan fingerprint density at radius 3 is 2.84 bits per heavy atom. The van der Waals surface area contributed by atoms with Crippen LogP contribution in [0.3, 0.4) is 0 Å². The summed E-state index contributed by atoms with van der Waals surface area (Å²) in [4.78, 5) is 15.5. The number of nitrogens with one attached hydrogen (secondary N) is 1. The average molecular weight is 423 g/mol. The van der Waals surface area contributed by atoms with Crippen molar-refractivity contribution >= 4 is 11.0 Å². The number of fused-ring (bicyclic) bond motifs is 2. The zero-order valence-electron chi connectivity index (χ0n) is 18.0. The van der Waals surface area contributed by atoms with Crippen LogP contribution in [0.1, 0.15) is 52.7 Å². The van der Waals surface area contributed by atoms with E-state index < -0.39 is 0 Å². The first-order valence-corrected chi connectivity index (χ1v) is 11.1. The minimum absolute atomic E-state index is 0.203. The van der Waals surface area contributed by atoms with Gasteiger partial charge in [-0.1, -0.05) is 24.3 Å². The smallest absolute Gasteiger partial charge is 0.121 e. The van der Waals surface area contributed by atoms with Crippen molar-refractivity contribution in [3.63, 3.8) is 0 Å². The third kappa shape index (κ3) is 4.01. The number of H-pyrrole nitrogens is 1. The molecule has 1 aliphatic carbocycles. The van der Waals surface area contributed by atoms with E-state index in [4.69, 9.17) is 15.7 Å². The van der Waals surface area contributed by atoms with Gasteiger partial charge in [-0.05, 0) is 66.3 Å². The van der Waals surface area contributed by atoms with E-state index in [2.05, 4.69) is 28.1 Å². The third-order valence-electron chi connectivity index (χ3n) is 6.33. The second-order valence-corrected chi connectivity index (χ2v) is 8.36. The number of nitrogens with zero attached hydrogens (tertiary/aromatic N) is 4. The molecule has 1 unspecified atom stereocenters. The van der Waals surface area contributed by atoms with Gasteiger partial charge < -0.3 is 10.7 Å². The van der Waals surface area contributed by atoms with Crippen LogP contribution in [0.15, 0.2) is 60.8 Å². The molecule has 6 nitrogen and oxygen atoms in total. The van der Waals surface area contributed by atoms with Gasteiger partial charge in [0.1, 0.15) is 5.82 Å². The fraction of sp³-hybridized carbons (Fsp3) is 0.269. The summed E-state index contributed by atoms with van der Waals surface area (Å²) in [5.74, 6) is 0.942. The molecular weight excluding hydrogens is 396 g/mol. The van der Waals surface area contributed by atoms with E-state index in [1.807, 2.05) is 48.7 Å². The lowest BCUT2D eigenvalue weighted by Gasteiger charge is -2.35. The zero-order valence-corrected chi connectivity index (χ0v) is 18.0. The van der Waals surface area contributed by atoms with Gasteiger partial charge in [0.05, 0.1) is 40.9 Å². The third-order valence-corrected chi connectivity index (χ3v) is 6.33. The number of hydrogen-bond acceptors (Lipinski definition) is 5. The van der Waals surface area contributed by atoms with E-state index >= 15 is 0 Å². The lowest BCUT2D eigenvalue weighted by atomic mass is 9.90. The number of rotatable bonds is 6. The van der Waals surface area contributed by atoms with E-state index in [-0.39, 0.29) is 6.04 Å². The molecule has 160 valence electrons. The highest BCUT2D eigenvalue weighted by atomic mass is 15.2. The minimum atomic E-state index is 0.203. The molecule has 0 aliphatic heterocycles. The number of nitriles is 1. The maximum Gasteiger partial charge on any atom is 0.121 e. The molecule has 0 amide bonds. The maximum atomic E-state index is 9.29. The lowest BCUT2D eigenvalue weighted by Crippen LogP contribution is -2.32. The predicted molar refractivity (Wildman–Crippen MR) is 124 cm³/mol. The Kier molecular flexibility index (Phi) is 5.68. The number of benzene rings is 2. The van der Waals surface area contributed by atoms with Crippen LogP contribution < -0.4 is 5.73 Å². The summed E-state index contributed by atoms with van der Waals surface area (Å²) in [6, 6.07) is 20.6. The Hall–Kier alpha value is -3.53. The standard InChI is InChI=1S/C26H26N6/c27-14-18-10-11-20(21(13-18)15-28)16-32(17-25-30-22-7-1-2-8-23(22)31-25)24-9-3-5-19-6-4-12-29-26(19)24/h1-2,4,6-8,10-13,24H,3,5,9,15-17,28H2,(H,30,31). The molecule has 2 aromatic carbocycles. The van der Waals surface area contributed by atoms with Crippen LogP contribution in [-0.2, 0) is 26.1 Å². The summed E-state index contributed by atoms with van der Waals surface area (Å²) in [6.45, 7) is 1.80. The molecule has 1 aliphatic rings. The Morgan fingerprint density at radius 2 is 2.00 bits per heavy atom. The molecule has 5 rings (SSSR count). The van der Waals surface area contributed by atoms with Crippen LogP contribution in [0.25, 0.3) is 11.0 Å². The number of imidazole rings is 1. The number of aryl methyl sites for hydroxylation is 1. The molecule has 0 bridgehead atoms. The van der Waals surface area contributed by atoms with Gasteiger partial charge in [-0.3, -0.25) is 9.88 Å². The van der Waals surface area contributed by atoms with Crippen molar-refractivity contribution in [2.75, 3.05) is 0 Å².